The third-order valence-electron chi connectivity index (χ3n) is 3.73. The fourth-order valence-electron chi connectivity index (χ4n) is 2.51. The number of furan rings is 1. The molecule has 0 saturated carbocycles. The largest absolute Gasteiger partial charge is 0.469 e. The molecule has 1 aromatic carbocycles. The Morgan fingerprint density at radius 3 is 2.46 bits per heavy atom. The van der Waals surface area contributed by atoms with Crippen LogP contribution in [-0.2, 0) is 12.8 Å². The molecule has 1 heterocycles. The maximum atomic E-state index is 5.33. The molecule has 0 aliphatic rings. The Bertz CT molecular complexity index is 594. The maximum absolute atomic E-state index is 5.33. The van der Waals surface area contributed by atoms with E-state index in [-0.39, 0.29) is 29.4 Å². The van der Waals surface area contributed by atoms with Gasteiger partial charge in [-0.1, -0.05) is 44.2 Å². The molecule has 0 fully saturated rings. The van der Waals surface area contributed by atoms with Gasteiger partial charge in [0.25, 0.3) is 0 Å². The highest BCUT2D eigenvalue weighted by molar-refractivity contribution is 14.0. The molecule has 24 heavy (non-hydrogen) atoms. The second-order valence-electron chi connectivity index (χ2n) is 6.51. The topological polar surface area (TPSA) is 49.6 Å². The van der Waals surface area contributed by atoms with Gasteiger partial charge in [0.15, 0.2) is 5.96 Å². The van der Waals surface area contributed by atoms with Gasteiger partial charge in [0.05, 0.1) is 6.26 Å². The number of nitrogens with zero attached hydrogens (tertiary/aromatic N) is 1. The number of guanidine groups is 1. The van der Waals surface area contributed by atoms with Crippen molar-refractivity contribution in [3.05, 3.63) is 60.1 Å². The van der Waals surface area contributed by atoms with Crippen molar-refractivity contribution in [2.24, 2.45) is 10.4 Å². The second-order valence-corrected chi connectivity index (χ2v) is 6.51. The number of hydrogen-bond acceptors (Lipinski definition) is 2. The van der Waals surface area contributed by atoms with E-state index in [2.05, 4.69) is 59.8 Å². The van der Waals surface area contributed by atoms with Crippen LogP contribution < -0.4 is 10.6 Å². The molecule has 2 N–H and O–H groups in total. The number of aliphatic imine (C=N–C) groups is 1. The summed E-state index contributed by atoms with van der Waals surface area (Å²) in [5, 5.41) is 6.74. The summed E-state index contributed by atoms with van der Waals surface area (Å²) in [4.78, 5) is 4.28. The van der Waals surface area contributed by atoms with E-state index in [1.807, 2.05) is 12.1 Å². The molecule has 132 valence electrons. The minimum Gasteiger partial charge on any atom is -0.469 e. The molecule has 0 spiro atoms. The van der Waals surface area contributed by atoms with E-state index in [0.717, 1.165) is 37.7 Å². The monoisotopic (exact) mass is 441 g/mol. The molecule has 0 atom stereocenters. The van der Waals surface area contributed by atoms with E-state index in [9.17, 15) is 0 Å². The van der Waals surface area contributed by atoms with Crippen molar-refractivity contribution >= 4 is 29.9 Å². The van der Waals surface area contributed by atoms with E-state index in [0.29, 0.717) is 0 Å². The first-order valence-electron chi connectivity index (χ1n) is 8.10. The van der Waals surface area contributed by atoms with Crippen LogP contribution in [0.15, 0.2) is 58.1 Å². The van der Waals surface area contributed by atoms with Crippen LogP contribution in [0.5, 0.6) is 0 Å². The van der Waals surface area contributed by atoms with Gasteiger partial charge in [0.2, 0.25) is 0 Å². The third-order valence-corrected chi connectivity index (χ3v) is 3.73. The summed E-state index contributed by atoms with van der Waals surface area (Å²) < 4.78 is 5.33. The Labute approximate surface area is 162 Å². The van der Waals surface area contributed by atoms with Crippen LogP contribution in [0.25, 0.3) is 0 Å². The van der Waals surface area contributed by atoms with Crippen LogP contribution >= 0.6 is 24.0 Å². The molecule has 2 rings (SSSR count). The van der Waals surface area contributed by atoms with Crippen LogP contribution in [0.2, 0.25) is 0 Å². The first kappa shape index (κ1) is 20.5. The zero-order valence-corrected chi connectivity index (χ0v) is 17.0. The first-order chi connectivity index (χ1) is 11.1. The summed E-state index contributed by atoms with van der Waals surface area (Å²) in [7, 11) is 1.80. The van der Waals surface area contributed by atoms with E-state index >= 15 is 0 Å². The van der Waals surface area contributed by atoms with Crippen molar-refractivity contribution in [2.75, 3.05) is 20.1 Å². The maximum Gasteiger partial charge on any atom is 0.191 e. The van der Waals surface area contributed by atoms with Gasteiger partial charge in [0, 0.05) is 26.6 Å². The lowest BCUT2D eigenvalue weighted by Gasteiger charge is -2.26. The molecular weight excluding hydrogens is 413 g/mol. The van der Waals surface area contributed by atoms with Crippen LogP contribution in [0.3, 0.4) is 0 Å². The van der Waals surface area contributed by atoms with E-state index in [4.69, 9.17) is 4.42 Å². The van der Waals surface area contributed by atoms with Crippen molar-refractivity contribution < 1.29 is 4.42 Å². The minimum atomic E-state index is 0. The van der Waals surface area contributed by atoms with Crippen LogP contribution in [-0.4, -0.2) is 26.1 Å². The minimum absolute atomic E-state index is 0. The Hall–Kier alpha value is -1.50. The van der Waals surface area contributed by atoms with Crippen molar-refractivity contribution in [3.63, 3.8) is 0 Å². The number of nitrogens with one attached hydrogen (secondary N) is 2. The van der Waals surface area contributed by atoms with Gasteiger partial charge < -0.3 is 15.1 Å². The lowest BCUT2D eigenvalue weighted by molar-refractivity contribution is 0.359. The highest BCUT2D eigenvalue weighted by Crippen LogP contribution is 2.20. The molecule has 4 nitrogen and oxygen atoms in total. The molecule has 5 heteroatoms. The number of benzene rings is 1. The number of halogens is 1. The van der Waals surface area contributed by atoms with Gasteiger partial charge in [-0.3, -0.25) is 4.99 Å². The SMILES string of the molecule is CN=C(NCCc1ccco1)NCC(C)(C)Cc1ccccc1.I. The second kappa shape index (κ2) is 10.4. The molecule has 2 aromatic rings. The molecule has 0 aliphatic carbocycles. The highest BCUT2D eigenvalue weighted by atomic mass is 127. The van der Waals surface area contributed by atoms with Gasteiger partial charge >= 0.3 is 0 Å². The van der Waals surface area contributed by atoms with Crippen molar-refractivity contribution in [1.82, 2.24) is 10.6 Å². The molecular formula is C19H28IN3O. The summed E-state index contributed by atoms with van der Waals surface area (Å²) >= 11 is 0. The highest BCUT2D eigenvalue weighted by Gasteiger charge is 2.18. The number of hydrogen-bond donors (Lipinski definition) is 2. The Morgan fingerprint density at radius 2 is 1.83 bits per heavy atom. The predicted octanol–water partition coefficient (Wildman–Crippen LogP) is 3.87. The Balaban J connectivity index is 0.00000288. The molecule has 1 aromatic heterocycles. The Morgan fingerprint density at radius 1 is 1.08 bits per heavy atom. The molecule has 0 unspecified atom stereocenters. The summed E-state index contributed by atoms with van der Waals surface area (Å²) in [5.74, 6) is 1.81. The molecule has 0 radical (unpaired) electrons. The van der Waals surface area contributed by atoms with Crippen molar-refractivity contribution in [1.29, 1.82) is 0 Å². The average molecular weight is 441 g/mol. The van der Waals surface area contributed by atoms with E-state index in [1.54, 1.807) is 13.3 Å². The fourth-order valence-corrected chi connectivity index (χ4v) is 2.51. The first-order valence-corrected chi connectivity index (χ1v) is 8.10. The Kier molecular flexibility index (Phi) is 8.89. The molecule has 0 saturated heterocycles. The molecule has 0 amide bonds. The van der Waals surface area contributed by atoms with Crippen molar-refractivity contribution in [3.8, 4) is 0 Å². The lowest BCUT2D eigenvalue weighted by Crippen LogP contribution is -2.43. The lowest BCUT2D eigenvalue weighted by atomic mass is 9.86. The molecule has 0 bridgehead atoms. The standard InChI is InChI=1S/C19H27N3O.HI/c1-19(2,14-16-8-5-4-6-9-16)15-22-18(20-3)21-12-11-17-10-7-13-23-17;/h4-10,13H,11-12,14-15H2,1-3H3,(H2,20,21,22);1H. The van der Waals surface area contributed by atoms with Crippen molar-refractivity contribution in [2.45, 2.75) is 26.7 Å². The van der Waals surface area contributed by atoms with E-state index < -0.39 is 0 Å². The summed E-state index contributed by atoms with van der Waals surface area (Å²) in [6.45, 7) is 6.20. The van der Waals surface area contributed by atoms with E-state index in [1.165, 1.54) is 5.56 Å². The summed E-state index contributed by atoms with van der Waals surface area (Å²) in [5.41, 5.74) is 1.51. The summed E-state index contributed by atoms with van der Waals surface area (Å²) in [6, 6.07) is 14.5. The average Bonchev–Trinajstić information content (AvgIpc) is 3.04. The summed E-state index contributed by atoms with van der Waals surface area (Å²) in [6.07, 6.45) is 3.58. The normalized spacial score (nSPS) is 11.7. The third kappa shape index (κ3) is 7.38. The smallest absolute Gasteiger partial charge is 0.191 e. The van der Waals surface area contributed by atoms with Gasteiger partial charge in [-0.15, -0.1) is 24.0 Å². The van der Waals surface area contributed by atoms with Gasteiger partial charge in [-0.2, -0.15) is 0 Å². The van der Waals surface area contributed by atoms with Gasteiger partial charge in [-0.25, -0.2) is 0 Å². The predicted molar refractivity (Wildman–Crippen MR) is 111 cm³/mol. The van der Waals surface area contributed by atoms with Gasteiger partial charge in [-0.05, 0) is 29.5 Å². The van der Waals surface area contributed by atoms with Gasteiger partial charge in [0.1, 0.15) is 5.76 Å². The fraction of sp³-hybridized carbons (Fsp3) is 0.421. The van der Waals surface area contributed by atoms with Crippen LogP contribution in [0.1, 0.15) is 25.2 Å². The number of rotatable bonds is 7. The molecule has 0 aliphatic heterocycles. The zero-order chi connectivity index (χ0) is 16.5. The van der Waals surface area contributed by atoms with Crippen LogP contribution in [0.4, 0.5) is 0 Å². The zero-order valence-electron chi connectivity index (χ0n) is 14.7. The van der Waals surface area contributed by atoms with Crippen LogP contribution in [0, 0.1) is 5.41 Å². The quantitative estimate of drug-likeness (QED) is 0.390.